The van der Waals surface area contributed by atoms with Gasteiger partial charge in [0.15, 0.2) is 11.6 Å². The molecule has 2 N–H and O–H groups in total. The van der Waals surface area contributed by atoms with E-state index >= 15 is 0 Å². The third-order valence-corrected chi connectivity index (χ3v) is 4.24. The van der Waals surface area contributed by atoms with Crippen LogP contribution in [0.1, 0.15) is 0 Å². The molecule has 96 valence electrons. The van der Waals surface area contributed by atoms with Crippen molar-refractivity contribution in [3.05, 3.63) is 46.4 Å². The maximum atomic E-state index is 13.3. The molecule has 2 aromatic carbocycles. The molecule has 1 heterocycles. The van der Waals surface area contributed by atoms with Crippen molar-refractivity contribution in [3.63, 3.8) is 0 Å². The van der Waals surface area contributed by atoms with Crippen LogP contribution < -0.4 is 5.73 Å². The van der Waals surface area contributed by atoms with Gasteiger partial charge in [0.1, 0.15) is 5.01 Å². The number of thiazole rings is 1. The molecule has 0 unspecified atom stereocenters. The van der Waals surface area contributed by atoms with Gasteiger partial charge in [0, 0.05) is 21.8 Å². The van der Waals surface area contributed by atoms with E-state index in [9.17, 15) is 8.78 Å². The second-order valence-corrected chi connectivity index (χ2v) is 5.93. The van der Waals surface area contributed by atoms with Crippen molar-refractivity contribution >= 4 is 43.2 Å². The molecule has 0 aliphatic heterocycles. The molecule has 0 amide bonds. The smallest absolute Gasteiger partial charge is 0.160 e. The monoisotopic (exact) mass is 340 g/mol. The van der Waals surface area contributed by atoms with E-state index in [1.807, 2.05) is 18.2 Å². The lowest BCUT2D eigenvalue weighted by atomic mass is 10.2. The molecule has 0 fully saturated rings. The number of nitrogens with zero attached hydrogens (tertiary/aromatic N) is 1. The molecular formula is C13H7BrF2N2S. The Bertz CT molecular complexity index is 786. The van der Waals surface area contributed by atoms with E-state index in [1.54, 1.807) is 0 Å². The van der Waals surface area contributed by atoms with Crippen LogP contribution in [0.15, 0.2) is 34.8 Å². The summed E-state index contributed by atoms with van der Waals surface area (Å²) in [5, 5.41) is 0.574. The van der Waals surface area contributed by atoms with E-state index < -0.39 is 11.6 Å². The highest BCUT2D eigenvalue weighted by molar-refractivity contribution is 9.10. The first-order chi connectivity index (χ1) is 9.04. The minimum absolute atomic E-state index is 0.178. The van der Waals surface area contributed by atoms with Crippen molar-refractivity contribution in [3.8, 4) is 10.6 Å². The molecule has 0 bridgehead atoms. The highest BCUT2D eigenvalue weighted by atomic mass is 79.9. The zero-order chi connectivity index (χ0) is 13.6. The zero-order valence-corrected chi connectivity index (χ0v) is 11.9. The summed E-state index contributed by atoms with van der Waals surface area (Å²) < 4.78 is 28.2. The third-order valence-electron chi connectivity index (χ3n) is 2.67. The molecule has 6 heteroatoms. The molecule has 3 aromatic rings. The van der Waals surface area contributed by atoms with E-state index in [4.69, 9.17) is 5.73 Å². The Morgan fingerprint density at radius 3 is 2.63 bits per heavy atom. The third kappa shape index (κ3) is 2.21. The Labute approximate surface area is 120 Å². The van der Waals surface area contributed by atoms with E-state index in [2.05, 4.69) is 20.9 Å². The SMILES string of the molecule is Nc1cc(F)c(F)cc1-c1nc2cc(Br)ccc2s1. The summed E-state index contributed by atoms with van der Waals surface area (Å²) in [6.45, 7) is 0. The van der Waals surface area contributed by atoms with Crippen molar-refractivity contribution in [2.45, 2.75) is 0 Å². The average molecular weight is 341 g/mol. The molecular weight excluding hydrogens is 334 g/mol. The maximum Gasteiger partial charge on any atom is 0.160 e. The van der Waals surface area contributed by atoms with Crippen LogP contribution in [0.5, 0.6) is 0 Å². The van der Waals surface area contributed by atoms with E-state index in [0.29, 0.717) is 10.6 Å². The lowest BCUT2D eigenvalue weighted by Crippen LogP contribution is -1.94. The number of rotatable bonds is 1. The number of nitrogens with two attached hydrogens (primary N) is 1. The lowest BCUT2D eigenvalue weighted by Gasteiger charge is -2.02. The Morgan fingerprint density at radius 1 is 1.11 bits per heavy atom. The number of hydrogen-bond donors (Lipinski definition) is 1. The summed E-state index contributed by atoms with van der Waals surface area (Å²) in [6, 6.07) is 7.74. The molecule has 19 heavy (non-hydrogen) atoms. The number of nitrogen functional groups attached to an aromatic ring is 1. The van der Waals surface area contributed by atoms with Gasteiger partial charge in [0.05, 0.1) is 10.2 Å². The molecule has 2 nitrogen and oxygen atoms in total. The van der Waals surface area contributed by atoms with Gasteiger partial charge in [0.2, 0.25) is 0 Å². The highest BCUT2D eigenvalue weighted by Gasteiger charge is 2.13. The van der Waals surface area contributed by atoms with Crippen molar-refractivity contribution in [2.24, 2.45) is 0 Å². The van der Waals surface area contributed by atoms with E-state index in [1.165, 1.54) is 11.3 Å². The maximum absolute atomic E-state index is 13.3. The fraction of sp³-hybridized carbons (Fsp3) is 0. The number of halogens is 3. The van der Waals surface area contributed by atoms with Crippen molar-refractivity contribution in [1.82, 2.24) is 4.98 Å². The van der Waals surface area contributed by atoms with Gasteiger partial charge in [-0.1, -0.05) is 15.9 Å². The Balaban J connectivity index is 2.21. The first-order valence-corrected chi connectivity index (χ1v) is 6.96. The zero-order valence-electron chi connectivity index (χ0n) is 9.45. The number of fused-ring (bicyclic) bond motifs is 1. The summed E-state index contributed by atoms with van der Waals surface area (Å²) >= 11 is 4.75. The summed E-state index contributed by atoms with van der Waals surface area (Å²) in [5.74, 6) is -1.88. The van der Waals surface area contributed by atoms with Gasteiger partial charge in [0.25, 0.3) is 0 Å². The fourth-order valence-electron chi connectivity index (χ4n) is 1.76. The van der Waals surface area contributed by atoms with Crippen LogP contribution in [0.2, 0.25) is 0 Å². The molecule has 0 aliphatic carbocycles. The van der Waals surface area contributed by atoms with Crippen LogP contribution in [0.4, 0.5) is 14.5 Å². The van der Waals surface area contributed by atoms with Crippen molar-refractivity contribution in [2.75, 3.05) is 5.73 Å². The van der Waals surface area contributed by atoms with Gasteiger partial charge < -0.3 is 5.73 Å². The largest absolute Gasteiger partial charge is 0.398 e. The van der Waals surface area contributed by atoms with Crippen LogP contribution in [-0.4, -0.2) is 4.98 Å². The number of benzene rings is 2. The van der Waals surface area contributed by atoms with Crippen LogP contribution in [0.3, 0.4) is 0 Å². The van der Waals surface area contributed by atoms with Crippen LogP contribution in [-0.2, 0) is 0 Å². The minimum Gasteiger partial charge on any atom is -0.398 e. The first-order valence-electron chi connectivity index (χ1n) is 5.35. The first kappa shape index (κ1) is 12.5. The molecule has 0 saturated heterocycles. The van der Waals surface area contributed by atoms with Crippen molar-refractivity contribution < 1.29 is 8.78 Å². The van der Waals surface area contributed by atoms with Gasteiger partial charge in [-0.15, -0.1) is 11.3 Å². The number of anilines is 1. The number of aromatic nitrogens is 1. The molecule has 3 rings (SSSR count). The fourth-order valence-corrected chi connectivity index (χ4v) is 3.10. The summed E-state index contributed by atoms with van der Waals surface area (Å²) in [4.78, 5) is 4.39. The number of hydrogen-bond acceptors (Lipinski definition) is 3. The molecule has 0 spiro atoms. The minimum atomic E-state index is -0.954. The van der Waals surface area contributed by atoms with Gasteiger partial charge in [-0.2, -0.15) is 0 Å². The predicted molar refractivity (Wildman–Crippen MR) is 77.1 cm³/mol. The van der Waals surface area contributed by atoms with Crippen molar-refractivity contribution in [1.29, 1.82) is 0 Å². The Morgan fingerprint density at radius 2 is 1.84 bits per heavy atom. The topological polar surface area (TPSA) is 38.9 Å². The Hall–Kier alpha value is -1.53. The Kier molecular flexibility index (Phi) is 2.99. The van der Waals surface area contributed by atoms with E-state index in [-0.39, 0.29) is 5.69 Å². The van der Waals surface area contributed by atoms with E-state index in [0.717, 1.165) is 26.8 Å². The van der Waals surface area contributed by atoms with Crippen LogP contribution in [0, 0.1) is 11.6 Å². The summed E-state index contributed by atoms with van der Waals surface area (Å²) in [6.07, 6.45) is 0. The highest BCUT2D eigenvalue weighted by Crippen LogP contribution is 2.35. The molecule has 0 aliphatic rings. The summed E-state index contributed by atoms with van der Waals surface area (Å²) in [5.41, 5.74) is 7.11. The molecule has 0 radical (unpaired) electrons. The second kappa shape index (κ2) is 4.54. The van der Waals surface area contributed by atoms with Gasteiger partial charge >= 0.3 is 0 Å². The lowest BCUT2D eigenvalue weighted by molar-refractivity contribution is 0.509. The quantitative estimate of drug-likeness (QED) is 0.658. The molecule has 0 atom stereocenters. The van der Waals surface area contributed by atoms with Gasteiger partial charge in [-0.05, 0) is 24.3 Å². The predicted octanol–water partition coefficient (Wildman–Crippen LogP) is 4.59. The van der Waals surface area contributed by atoms with Gasteiger partial charge in [-0.3, -0.25) is 0 Å². The second-order valence-electron chi connectivity index (χ2n) is 3.98. The summed E-state index contributed by atoms with van der Waals surface area (Å²) in [7, 11) is 0. The van der Waals surface area contributed by atoms with Crippen LogP contribution in [0.25, 0.3) is 20.8 Å². The molecule has 1 aromatic heterocycles. The van der Waals surface area contributed by atoms with Gasteiger partial charge in [-0.25, -0.2) is 13.8 Å². The normalized spacial score (nSPS) is 11.1. The standard InChI is InChI=1S/C13H7BrF2N2S/c14-6-1-2-12-11(3-6)18-13(19-12)7-4-8(15)9(16)5-10(7)17/h1-5H,17H2. The molecule has 0 saturated carbocycles. The van der Waals surface area contributed by atoms with Crippen LogP contribution >= 0.6 is 27.3 Å². The average Bonchev–Trinajstić information content (AvgIpc) is 2.76.